The highest BCUT2D eigenvalue weighted by atomic mass is 35.5. The highest BCUT2D eigenvalue weighted by Crippen LogP contribution is 2.30. The predicted octanol–water partition coefficient (Wildman–Crippen LogP) is 5.97. The highest BCUT2D eigenvalue weighted by molar-refractivity contribution is 6.30. The van der Waals surface area contributed by atoms with Crippen molar-refractivity contribution in [3.63, 3.8) is 0 Å². The molecule has 3 aliphatic rings. The Balaban J connectivity index is 0.000000504. The molecule has 0 radical (unpaired) electrons. The molecule has 0 aliphatic carbocycles. The number of amides is 3. The van der Waals surface area contributed by atoms with Crippen LogP contribution in [0.5, 0.6) is 0 Å². The SMILES string of the molecule is CC(C)N1CCN(C(=O)CCc2ccc3c(c2)N(Cc2ccc(C4=NCCN4C)cc2)C(=O)CN(C(=O)c2ccc(Cl)cc2)C3)CC1.O=C(O)C(F)(F)F.O=C(O)C(F)(F)F. The molecule has 0 aromatic heterocycles. The minimum atomic E-state index is -5.08. The Morgan fingerprint density at radius 2 is 1.33 bits per heavy atom. The van der Waals surface area contributed by atoms with E-state index in [9.17, 15) is 40.7 Å². The number of aliphatic imine (C=N–C) groups is 1. The number of likely N-dealkylation sites (N-methyl/N-ethyl adjacent to an activating group) is 1. The molecule has 0 spiro atoms. The van der Waals surface area contributed by atoms with Gasteiger partial charge in [0.2, 0.25) is 11.8 Å². The quantitative estimate of drug-likeness (QED) is 0.261. The van der Waals surface area contributed by atoms with Crippen LogP contribution in [0, 0.1) is 0 Å². The fourth-order valence-corrected chi connectivity index (χ4v) is 6.70. The number of amidine groups is 1. The van der Waals surface area contributed by atoms with E-state index in [1.54, 1.807) is 34.1 Å². The number of fused-ring (bicyclic) bond motifs is 1. The van der Waals surface area contributed by atoms with E-state index in [4.69, 9.17) is 31.4 Å². The summed E-state index contributed by atoms with van der Waals surface area (Å²) in [7, 11) is 2.04. The van der Waals surface area contributed by atoms with Crippen molar-refractivity contribution in [3.8, 4) is 0 Å². The number of rotatable bonds is 8. The third-order valence-corrected chi connectivity index (χ3v) is 10.2. The third kappa shape index (κ3) is 13.7. The molecule has 0 bridgehead atoms. The topological polar surface area (TPSA) is 154 Å². The lowest BCUT2D eigenvalue weighted by Gasteiger charge is -2.37. The number of aliphatic carboxylic acids is 2. The zero-order valence-electron chi connectivity index (χ0n) is 33.5. The molecule has 3 aromatic rings. The van der Waals surface area contributed by atoms with Gasteiger partial charge < -0.3 is 29.8 Å². The Kier molecular flexibility index (Phi) is 16.3. The summed E-state index contributed by atoms with van der Waals surface area (Å²) >= 11 is 6.07. The standard InChI is InChI=1S/C37H43ClN6O3.2C2HF3O2/c1-26(2)41-18-20-42(21-19-41)34(45)15-7-27-4-10-31-24-43(37(47)30-11-13-32(38)14-12-30)25-35(46)44(33(31)22-27)23-28-5-8-29(9-6-28)36-39-16-17-40(36)3;2*3-2(4,5)1(6)7/h4-6,8-14,22,26H,7,15-21,23-25H2,1-3H3;2*(H,6,7). The van der Waals surface area contributed by atoms with Crippen LogP contribution in [0.4, 0.5) is 32.0 Å². The molecule has 6 rings (SSSR count). The van der Waals surface area contributed by atoms with Crippen LogP contribution in [0.15, 0.2) is 71.7 Å². The third-order valence-electron chi connectivity index (χ3n) is 9.93. The Bertz CT molecular complexity index is 2050. The van der Waals surface area contributed by atoms with Gasteiger partial charge in [-0.1, -0.05) is 48.0 Å². The molecular formula is C41H45ClF6N6O7. The first kappa shape index (κ1) is 48.0. The van der Waals surface area contributed by atoms with Crippen LogP contribution >= 0.6 is 11.6 Å². The molecule has 1 fully saturated rings. The van der Waals surface area contributed by atoms with Gasteiger partial charge >= 0.3 is 24.3 Å². The van der Waals surface area contributed by atoms with Crippen molar-refractivity contribution in [1.82, 2.24) is 19.6 Å². The van der Waals surface area contributed by atoms with E-state index in [1.807, 2.05) is 42.3 Å². The molecule has 3 aliphatic heterocycles. The zero-order valence-corrected chi connectivity index (χ0v) is 34.2. The van der Waals surface area contributed by atoms with Crippen molar-refractivity contribution in [2.45, 2.75) is 58.2 Å². The van der Waals surface area contributed by atoms with Gasteiger partial charge in [0.05, 0.1) is 13.1 Å². The average Bonchev–Trinajstić information content (AvgIpc) is 3.58. The van der Waals surface area contributed by atoms with E-state index in [0.29, 0.717) is 42.6 Å². The molecule has 330 valence electrons. The van der Waals surface area contributed by atoms with E-state index in [1.165, 1.54) is 0 Å². The number of halogens is 7. The summed E-state index contributed by atoms with van der Waals surface area (Å²) in [6.07, 6.45) is -9.17. The van der Waals surface area contributed by atoms with E-state index < -0.39 is 24.3 Å². The summed E-state index contributed by atoms with van der Waals surface area (Å²) in [5, 5.41) is 14.8. The maximum Gasteiger partial charge on any atom is 0.490 e. The van der Waals surface area contributed by atoms with Crippen molar-refractivity contribution < 1.29 is 60.5 Å². The van der Waals surface area contributed by atoms with Crippen molar-refractivity contribution in [2.75, 3.05) is 57.8 Å². The maximum absolute atomic E-state index is 14.0. The number of nitrogens with zero attached hydrogens (tertiary/aromatic N) is 6. The van der Waals surface area contributed by atoms with Crippen LogP contribution < -0.4 is 4.90 Å². The fraction of sp³-hybridized carbons (Fsp3) is 0.415. The van der Waals surface area contributed by atoms with Gasteiger partial charge in [0.1, 0.15) is 12.4 Å². The number of benzene rings is 3. The average molecular weight is 883 g/mol. The monoisotopic (exact) mass is 882 g/mol. The van der Waals surface area contributed by atoms with Crippen LogP contribution in [0.1, 0.15) is 52.9 Å². The normalized spacial score (nSPS) is 15.9. The number of anilines is 1. The Labute approximate surface area is 352 Å². The van der Waals surface area contributed by atoms with E-state index in [2.05, 4.69) is 40.8 Å². The van der Waals surface area contributed by atoms with Gasteiger partial charge in [-0.05, 0) is 67.3 Å². The van der Waals surface area contributed by atoms with Gasteiger partial charge in [-0.3, -0.25) is 24.3 Å². The summed E-state index contributed by atoms with van der Waals surface area (Å²) in [6, 6.07) is 21.5. The van der Waals surface area contributed by atoms with Gasteiger partial charge in [-0.15, -0.1) is 0 Å². The number of hydrogen-bond acceptors (Lipinski definition) is 8. The van der Waals surface area contributed by atoms with Gasteiger partial charge in [-0.25, -0.2) is 9.59 Å². The first-order chi connectivity index (χ1) is 28.5. The summed E-state index contributed by atoms with van der Waals surface area (Å²) in [5.41, 5.74) is 5.17. The molecule has 3 amide bonds. The first-order valence-electron chi connectivity index (χ1n) is 19.0. The zero-order chi connectivity index (χ0) is 45.2. The molecule has 3 heterocycles. The number of carboxylic acid groups (broad SMARTS) is 2. The molecule has 0 atom stereocenters. The van der Waals surface area contributed by atoms with E-state index in [0.717, 1.165) is 73.0 Å². The summed E-state index contributed by atoms with van der Waals surface area (Å²) < 4.78 is 63.5. The minimum absolute atomic E-state index is 0.0496. The number of piperazine rings is 1. The summed E-state index contributed by atoms with van der Waals surface area (Å²) in [6.45, 7) is 9.99. The summed E-state index contributed by atoms with van der Waals surface area (Å²) in [4.78, 5) is 73.0. The minimum Gasteiger partial charge on any atom is -0.475 e. The van der Waals surface area contributed by atoms with Gasteiger partial charge in [-0.2, -0.15) is 26.3 Å². The van der Waals surface area contributed by atoms with Crippen molar-refractivity contribution >= 4 is 52.8 Å². The molecule has 0 saturated carbocycles. The van der Waals surface area contributed by atoms with Gasteiger partial charge in [0.25, 0.3) is 5.91 Å². The molecule has 2 N–H and O–H groups in total. The second-order valence-corrected chi connectivity index (χ2v) is 15.0. The molecule has 61 heavy (non-hydrogen) atoms. The lowest BCUT2D eigenvalue weighted by molar-refractivity contribution is -0.193. The van der Waals surface area contributed by atoms with Crippen LogP contribution in [0.3, 0.4) is 0 Å². The number of alkyl halides is 6. The Morgan fingerprint density at radius 1 is 0.770 bits per heavy atom. The van der Waals surface area contributed by atoms with Crippen molar-refractivity contribution in [1.29, 1.82) is 0 Å². The van der Waals surface area contributed by atoms with Crippen LogP contribution in [0.25, 0.3) is 0 Å². The number of hydrogen-bond donors (Lipinski definition) is 2. The highest BCUT2D eigenvalue weighted by Gasteiger charge is 2.39. The van der Waals surface area contributed by atoms with Crippen LogP contribution in [0.2, 0.25) is 5.02 Å². The van der Waals surface area contributed by atoms with Crippen LogP contribution in [-0.2, 0) is 38.7 Å². The summed E-state index contributed by atoms with van der Waals surface area (Å²) in [5.74, 6) is -4.76. The largest absolute Gasteiger partial charge is 0.490 e. The molecular weight excluding hydrogens is 838 g/mol. The number of carboxylic acids is 2. The molecule has 13 nitrogen and oxygen atoms in total. The molecule has 3 aromatic carbocycles. The van der Waals surface area contributed by atoms with Crippen molar-refractivity contribution in [3.05, 3.63) is 99.6 Å². The predicted molar refractivity (Wildman–Crippen MR) is 213 cm³/mol. The van der Waals surface area contributed by atoms with Gasteiger partial charge in [0, 0.05) is 80.6 Å². The Hall–Kier alpha value is -5.69. The number of carbonyl (C=O) groups is 5. The number of carbonyl (C=O) groups excluding carboxylic acids is 3. The van der Waals surface area contributed by atoms with E-state index in [-0.39, 0.29) is 24.3 Å². The fourth-order valence-electron chi connectivity index (χ4n) is 6.57. The van der Waals surface area contributed by atoms with Crippen LogP contribution in [-0.4, -0.2) is 137 Å². The molecule has 20 heteroatoms. The van der Waals surface area contributed by atoms with Crippen molar-refractivity contribution in [2.24, 2.45) is 4.99 Å². The second-order valence-electron chi connectivity index (χ2n) is 14.6. The number of aryl methyl sites for hydroxylation is 1. The smallest absolute Gasteiger partial charge is 0.475 e. The molecule has 0 unspecified atom stereocenters. The first-order valence-corrected chi connectivity index (χ1v) is 19.4. The Morgan fingerprint density at radius 3 is 1.84 bits per heavy atom. The lowest BCUT2D eigenvalue weighted by Crippen LogP contribution is -2.50. The lowest BCUT2D eigenvalue weighted by atomic mass is 10.0. The maximum atomic E-state index is 14.0. The van der Waals surface area contributed by atoms with E-state index >= 15 is 0 Å². The second kappa shape index (κ2) is 20.7. The molecule has 1 saturated heterocycles. The van der Waals surface area contributed by atoms with Gasteiger partial charge in [0.15, 0.2) is 0 Å².